The van der Waals surface area contributed by atoms with Gasteiger partial charge >= 0.3 is 0 Å². The maximum atomic E-state index is 13.5. The van der Waals surface area contributed by atoms with Gasteiger partial charge in [0.2, 0.25) is 0 Å². The van der Waals surface area contributed by atoms with E-state index in [1.807, 2.05) is 0 Å². The van der Waals surface area contributed by atoms with Crippen LogP contribution in [0, 0.1) is 5.82 Å². The van der Waals surface area contributed by atoms with Gasteiger partial charge in [0.05, 0.1) is 12.7 Å². The Bertz CT molecular complexity index is 821. The monoisotopic (exact) mass is 344 g/mol. The van der Waals surface area contributed by atoms with Gasteiger partial charge in [-0.1, -0.05) is 12.7 Å². The van der Waals surface area contributed by atoms with E-state index in [1.165, 1.54) is 25.3 Å². The number of carbonyl (C=O) groups excluding carboxylic acids is 2. The number of nitrogens with two attached hydrogens (primary N) is 1. The lowest BCUT2D eigenvalue weighted by atomic mass is 10.1. The number of carbonyl (C=O) groups is 2. The molecule has 0 spiro atoms. The topological polar surface area (TPSA) is 90.6 Å². The third kappa shape index (κ3) is 4.35. The first-order chi connectivity index (χ1) is 12.0. The molecule has 0 aromatic heterocycles. The van der Waals surface area contributed by atoms with Crippen molar-refractivity contribution in [3.05, 3.63) is 66.0 Å². The molecule has 0 heterocycles. The van der Waals surface area contributed by atoms with E-state index < -0.39 is 17.6 Å². The molecule has 0 aliphatic rings. The van der Waals surface area contributed by atoms with Crippen LogP contribution in [0.15, 0.2) is 49.1 Å². The third-order valence-electron chi connectivity index (χ3n) is 3.27. The van der Waals surface area contributed by atoms with E-state index in [4.69, 9.17) is 15.2 Å². The maximum Gasteiger partial charge on any atom is 0.255 e. The molecule has 0 saturated carbocycles. The van der Waals surface area contributed by atoms with E-state index in [-0.39, 0.29) is 11.3 Å². The number of benzene rings is 2. The molecule has 2 rings (SSSR count). The second-order valence-electron chi connectivity index (χ2n) is 4.98. The van der Waals surface area contributed by atoms with Gasteiger partial charge in [0.1, 0.15) is 12.4 Å². The van der Waals surface area contributed by atoms with Crippen LogP contribution in [0.2, 0.25) is 0 Å². The van der Waals surface area contributed by atoms with Crippen LogP contribution in [0.5, 0.6) is 11.5 Å². The van der Waals surface area contributed by atoms with Crippen LogP contribution < -0.4 is 20.5 Å². The zero-order chi connectivity index (χ0) is 18.4. The molecule has 3 N–H and O–H groups in total. The number of hydrogen-bond acceptors (Lipinski definition) is 4. The largest absolute Gasteiger partial charge is 0.493 e. The van der Waals surface area contributed by atoms with Crippen LogP contribution in [0.1, 0.15) is 20.7 Å². The summed E-state index contributed by atoms with van der Waals surface area (Å²) in [4.78, 5) is 23.5. The van der Waals surface area contributed by atoms with E-state index in [2.05, 4.69) is 11.9 Å². The molecule has 25 heavy (non-hydrogen) atoms. The molecule has 0 unspecified atom stereocenters. The van der Waals surface area contributed by atoms with Gasteiger partial charge in [0.15, 0.2) is 11.5 Å². The predicted octanol–water partition coefficient (Wildman–Crippen LogP) is 2.75. The number of hydrogen-bond donors (Lipinski definition) is 2. The van der Waals surface area contributed by atoms with E-state index in [1.54, 1.807) is 18.2 Å². The Hall–Kier alpha value is -3.35. The van der Waals surface area contributed by atoms with Crippen molar-refractivity contribution in [1.29, 1.82) is 0 Å². The summed E-state index contributed by atoms with van der Waals surface area (Å²) >= 11 is 0. The van der Waals surface area contributed by atoms with Crippen molar-refractivity contribution in [2.24, 2.45) is 5.73 Å². The summed E-state index contributed by atoms with van der Waals surface area (Å²) in [5, 5.41) is 2.57. The normalized spacial score (nSPS) is 10.0. The molecule has 6 nitrogen and oxygen atoms in total. The zero-order valence-corrected chi connectivity index (χ0v) is 13.5. The zero-order valence-electron chi connectivity index (χ0n) is 13.5. The summed E-state index contributed by atoms with van der Waals surface area (Å²) in [5.74, 6) is -1.28. The maximum absolute atomic E-state index is 13.5. The molecule has 2 aromatic rings. The van der Waals surface area contributed by atoms with E-state index in [0.717, 1.165) is 6.07 Å². The van der Waals surface area contributed by atoms with Crippen LogP contribution in [-0.2, 0) is 0 Å². The molecule has 0 bridgehead atoms. The molecule has 2 amide bonds. The number of methoxy groups -OCH3 is 1. The van der Waals surface area contributed by atoms with Gasteiger partial charge in [-0.3, -0.25) is 9.59 Å². The molecular weight excluding hydrogens is 327 g/mol. The van der Waals surface area contributed by atoms with E-state index >= 15 is 0 Å². The van der Waals surface area contributed by atoms with Gasteiger partial charge in [-0.2, -0.15) is 0 Å². The molecule has 0 saturated heterocycles. The second-order valence-corrected chi connectivity index (χ2v) is 4.98. The lowest BCUT2D eigenvalue weighted by Gasteiger charge is -2.11. The highest BCUT2D eigenvalue weighted by Gasteiger charge is 2.14. The number of halogens is 1. The molecule has 130 valence electrons. The average molecular weight is 344 g/mol. The smallest absolute Gasteiger partial charge is 0.255 e. The number of amides is 2. The van der Waals surface area contributed by atoms with Crippen molar-refractivity contribution in [2.75, 3.05) is 19.0 Å². The SMILES string of the molecule is C=CCOc1ccc(C(=O)Nc2ccc(F)c(C(N)=O)c2)cc1OC. The fourth-order valence-electron chi connectivity index (χ4n) is 2.07. The number of nitrogens with one attached hydrogen (secondary N) is 1. The fraction of sp³-hybridized carbons (Fsp3) is 0.111. The molecule has 2 aromatic carbocycles. The number of ether oxygens (including phenoxy) is 2. The summed E-state index contributed by atoms with van der Waals surface area (Å²) in [6.45, 7) is 3.86. The van der Waals surface area contributed by atoms with Crippen molar-refractivity contribution in [3.8, 4) is 11.5 Å². The highest BCUT2D eigenvalue weighted by Crippen LogP contribution is 2.28. The van der Waals surface area contributed by atoms with Crippen molar-refractivity contribution < 1.29 is 23.5 Å². The minimum Gasteiger partial charge on any atom is -0.493 e. The molecule has 0 aliphatic carbocycles. The van der Waals surface area contributed by atoms with Gasteiger partial charge in [0, 0.05) is 11.3 Å². The Morgan fingerprint density at radius 1 is 1.24 bits per heavy atom. The number of rotatable bonds is 7. The van der Waals surface area contributed by atoms with Crippen molar-refractivity contribution in [2.45, 2.75) is 0 Å². The van der Waals surface area contributed by atoms with Crippen molar-refractivity contribution in [3.63, 3.8) is 0 Å². The Balaban J connectivity index is 2.22. The summed E-state index contributed by atoms with van der Waals surface area (Å²) in [5.41, 5.74) is 5.33. The average Bonchev–Trinajstić information content (AvgIpc) is 2.61. The Morgan fingerprint density at radius 2 is 2.00 bits per heavy atom. The first-order valence-corrected chi connectivity index (χ1v) is 7.28. The highest BCUT2D eigenvalue weighted by atomic mass is 19.1. The van der Waals surface area contributed by atoms with Crippen LogP contribution in [-0.4, -0.2) is 25.5 Å². The minimum atomic E-state index is -0.918. The summed E-state index contributed by atoms with van der Waals surface area (Å²) in [6.07, 6.45) is 1.59. The van der Waals surface area contributed by atoms with Gasteiger partial charge < -0.3 is 20.5 Å². The fourth-order valence-corrected chi connectivity index (χ4v) is 2.07. The van der Waals surface area contributed by atoms with Gasteiger partial charge in [-0.25, -0.2) is 4.39 Å². The van der Waals surface area contributed by atoms with Gasteiger partial charge in [-0.05, 0) is 36.4 Å². The standard InChI is InChI=1S/C18H17FN2O4/c1-3-8-25-15-7-4-11(9-16(15)24-2)18(23)21-12-5-6-14(19)13(10-12)17(20)22/h3-7,9-10H,1,8H2,2H3,(H2,20,22)(H,21,23). The van der Waals surface area contributed by atoms with Crippen LogP contribution in [0.4, 0.5) is 10.1 Å². The molecule has 0 radical (unpaired) electrons. The molecule has 0 fully saturated rings. The molecule has 0 atom stereocenters. The van der Waals surface area contributed by atoms with Gasteiger partial charge in [0.25, 0.3) is 11.8 Å². The lowest BCUT2D eigenvalue weighted by Crippen LogP contribution is -2.16. The number of primary amides is 1. The quantitative estimate of drug-likeness (QED) is 0.756. The lowest BCUT2D eigenvalue weighted by molar-refractivity contribution is 0.0992. The molecule has 0 aliphatic heterocycles. The van der Waals surface area contributed by atoms with Gasteiger partial charge in [-0.15, -0.1) is 0 Å². The Kier molecular flexibility index (Phi) is 5.73. The van der Waals surface area contributed by atoms with Crippen LogP contribution in [0.3, 0.4) is 0 Å². The van der Waals surface area contributed by atoms with E-state index in [9.17, 15) is 14.0 Å². The van der Waals surface area contributed by atoms with Crippen LogP contribution >= 0.6 is 0 Å². The molecule has 7 heteroatoms. The molecular formula is C18H17FN2O4. The predicted molar refractivity (Wildman–Crippen MR) is 91.6 cm³/mol. The Labute approximate surface area is 144 Å². The first-order valence-electron chi connectivity index (χ1n) is 7.28. The second kappa shape index (κ2) is 7.96. The van der Waals surface area contributed by atoms with Crippen molar-refractivity contribution >= 4 is 17.5 Å². The minimum absolute atomic E-state index is 0.242. The van der Waals surface area contributed by atoms with E-state index in [0.29, 0.717) is 23.7 Å². The van der Waals surface area contributed by atoms with Crippen LogP contribution in [0.25, 0.3) is 0 Å². The first kappa shape index (κ1) is 18.0. The summed E-state index contributed by atoms with van der Waals surface area (Å²) < 4.78 is 24.1. The third-order valence-corrected chi connectivity index (χ3v) is 3.27. The van der Waals surface area contributed by atoms with Crippen molar-refractivity contribution in [1.82, 2.24) is 0 Å². The number of anilines is 1. The Morgan fingerprint density at radius 3 is 2.64 bits per heavy atom. The summed E-state index contributed by atoms with van der Waals surface area (Å²) in [6, 6.07) is 8.22. The highest BCUT2D eigenvalue weighted by molar-refractivity contribution is 6.05. The summed E-state index contributed by atoms with van der Waals surface area (Å²) in [7, 11) is 1.46.